The first-order chi connectivity index (χ1) is 16.7. The summed E-state index contributed by atoms with van der Waals surface area (Å²) in [6.07, 6.45) is 2.13. The lowest BCUT2D eigenvalue weighted by atomic mass is 10.1. The molecule has 0 saturated heterocycles. The van der Waals surface area contributed by atoms with Gasteiger partial charge in [0.1, 0.15) is 11.3 Å². The summed E-state index contributed by atoms with van der Waals surface area (Å²) in [6.45, 7) is -0.443. The van der Waals surface area contributed by atoms with Crippen LogP contribution in [0.15, 0.2) is 88.8 Å². The van der Waals surface area contributed by atoms with Crippen molar-refractivity contribution in [2.24, 2.45) is 5.10 Å². The van der Waals surface area contributed by atoms with Crippen molar-refractivity contribution in [3.05, 3.63) is 99.0 Å². The molecule has 1 aliphatic heterocycles. The molecule has 1 amide bonds. The topological polar surface area (TPSA) is 81.1 Å². The Balaban J connectivity index is 1.30. The van der Waals surface area contributed by atoms with E-state index in [2.05, 4.69) is 10.1 Å². The monoisotopic (exact) mass is 489 g/mol. The number of aromatic nitrogens is 1. The van der Waals surface area contributed by atoms with Crippen molar-refractivity contribution in [2.45, 2.75) is 12.5 Å². The van der Waals surface area contributed by atoms with Crippen LogP contribution in [0.4, 0.5) is 0 Å². The van der Waals surface area contributed by atoms with E-state index >= 15 is 0 Å². The van der Waals surface area contributed by atoms with E-state index in [1.165, 1.54) is 11.2 Å². The van der Waals surface area contributed by atoms with E-state index in [-0.39, 0.29) is 17.5 Å². The lowest BCUT2D eigenvalue weighted by Gasteiger charge is -2.20. The molecule has 0 spiro atoms. The Labute approximate surface area is 203 Å². The lowest BCUT2D eigenvalue weighted by molar-refractivity contribution is -0.136. The van der Waals surface area contributed by atoms with Crippen LogP contribution in [0.5, 0.6) is 11.6 Å². The quantitative estimate of drug-likeness (QED) is 0.319. The maximum absolute atomic E-state index is 13.1. The Morgan fingerprint density at radius 2 is 1.79 bits per heavy atom. The number of nitrogens with zero attached hydrogens (tertiary/aromatic N) is 3. The van der Waals surface area contributed by atoms with Gasteiger partial charge in [-0.25, -0.2) is 14.8 Å². The summed E-state index contributed by atoms with van der Waals surface area (Å²) in [5, 5.41) is 9.96. The first-order valence-electron chi connectivity index (χ1n) is 10.5. The fourth-order valence-electron chi connectivity index (χ4n) is 3.53. The summed E-state index contributed by atoms with van der Waals surface area (Å²) in [5.41, 5.74) is 0.983. The molecule has 0 aliphatic carbocycles. The number of carbonyl (C=O) groups is 2. The van der Waals surface area contributed by atoms with Gasteiger partial charge in [-0.1, -0.05) is 30.3 Å². The van der Waals surface area contributed by atoms with Gasteiger partial charge in [0.15, 0.2) is 6.61 Å². The van der Waals surface area contributed by atoms with Crippen LogP contribution in [0.3, 0.4) is 0 Å². The molecule has 0 fully saturated rings. The van der Waals surface area contributed by atoms with Gasteiger partial charge in [-0.15, -0.1) is 22.7 Å². The minimum absolute atomic E-state index is 0.113. The number of carbonyl (C=O) groups excluding carboxylic acids is 2. The molecule has 1 unspecified atom stereocenters. The zero-order valence-electron chi connectivity index (χ0n) is 17.9. The second kappa shape index (κ2) is 9.98. The molecule has 1 atom stereocenters. The van der Waals surface area contributed by atoms with Crippen LogP contribution in [-0.2, 0) is 9.53 Å². The average Bonchev–Trinajstić information content (AvgIpc) is 3.64. The van der Waals surface area contributed by atoms with Crippen LogP contribution in [0.25, 0.3) is 0 Å². The summed E-state index contributed by atoms with van der Waals surface area (Å²) >= 11 is 3.15. The van der Waals surface area contributed by atoms with Crippen LogP contribution < -0.4 is 4.74 Å². The van der Waals surface area contributed by atoms with Gasteiger partial charge in [-0.05, 0) is 47.2 Å². The predicted molar refractivity (Wildman–Crippen MR) is 130 cm³/mol. The molecule has 1 aliphatic rings. The van der Waals surface area contributed by atoms with E-state index in [4.69, 9.17) is 9.47 Å². The Hall–Kier alpha value is -3.82. The number of thiophene rings is 2. The predicted octanol–water partition coefficient (Wildman–Crippen LogP) is 5.53. The smallest absolute Gasteiger partial charge is 0.344 e. The molecule has 170 valence electrons. The number of rotatable bonds is 7. The second-order valence-electron chi connectivity index (χ2n) is 7.35. The zero-order chi connectivity index (χ0) is 23.3. The fourth-order valence-corrected chi connectivity index (χ4v) is 5.07. The summed E-state index contributed by atoms with van der Waals surface area (Å²) in [4.78, 5) is 32.1. The van der Waals surface area contributed by atoms with E-state index in [0.717, 1.165) is 15.5 Å². The SMILES string of the molecule is O=C(OCC(=O)N1N=C(c2cccs2)CC1c1cccs1)c1cccnc1Oc1ccccc1. The molecule has 0 saturated carbocycles. The average molecular weight is 490 g/mol. The number of benzene rings is 1. The molecule has 0 radical (unpaired) electrons. The normalized spacial score (nSPS) is 15.1. The molecule has 4 heterocycles. The molecule has 3 aromatic heterocycles. The van der Waals surface area contributed by atoms with E-state index < -0.39 is 18.5 Å². The van der Waals surface area contributed by atoms with Crippen LogP contribution >= 0.6 is 22.7 Å². The highest BCUT2D eigenvalue weighted by molar-refractivity contribution is 7.12. The molecule has 1 aromatic carbocycles. The second-order valence-corrected chi connectivity index (χ2v) is 9.27. The first-order valence-corrected chi connectivity index (χ1v) is 12.3. The van der Waals surface area contributed by atoms with Gasteiger partial charge < -0.3 is 9.47 Å². The van der Waals surface area contributed by atoms with Crippen molar-refractivity contribution < 1.29 is 19.1 Å². The summed E-state index contributed by atoms with van der Waals surface area (Å²) in [6, 6.07) is 19.8. The van der Waals surface area contributed by atoms with Gasteiger partial charge >= 0.3 is 5.97 Å². The van der Waals surface area contributed by atoms with Crippen LogP contribution in [0.1, 0.15) is 32.6 Å². The summed E-state index contributed by atoms with van der Waals surface area (Å²) in [7, 11) is 0. The highest BCUT2D eigenvalue weighted by Crippen LogP contribution is 2.36. The molecule has 5 rings (SSSR count). The van der Waals surface area contributed by atoms with E-state index in [1.807, 2.05) is 53.2 Å². The lowest BCUT2D eigenvalue weighted by Crippen LogP contribution is -2.31. The minimum atomic E-state index is -0.693. The van der Waals surface area contributed by atoms with Gasteiger partial charge in [0, 0.05) is 17.5 Å². The van der Waals surface area contributed by atoms with Crippen molar-refractivity contribution >= 4 is 40.3 Å². The van der Waals surface area contributed by atoms with Gasteiger partial charge in [-0.3, -0.25) is 4.79 Å². The van der Waals surface area contributed by atoms with Gasteiger partial charge in [-0.2, -0.15) is 5.10 Å². The first kappa shape index (κ1) is 22.0. The standard InChI is InChI=1S/C25H19N3O4S2/c29-23(28-20(22-11-6-14-34-22)15-19(27-28)21-10-5-13-33-21)16-31-25(30)18-9-4-12-26-24(18)32-17-7-2-1-3-8-17/h1-14,20H,15-16H2. The third-order valence-corrected chi connectivity index (χ3v) is 7.01. The van der Waals surface area contributed by atoms with Crippen LogP contribution in [-0.4, -0.2) is 34.2 Å². The highest BCUT2D eigenvalue weighted by atomic mass is 32.1. The number of para-hydroxylation sites is 1. The van der Waals surface area contributed by atoms with Gasteiger partial charge in [0.05, 0.1) is 16.6 Å². The van der Waals surface area contributed by atoms with Crippen molar-refractivity contribution in [3.8, 4) is 11.6 Å². The molecular formula is C25H19N3O4S2. The maximum Gasteiger partial charge on any atom is 0.344 e. The third kappa shape index (κ3) is 4.75. The maximum atomic E-state index is 13.1. The van der Waals surface area contributed by atoms with E-state index in [0.29, 0.717) is 12.2 Å². The molecule has 4 aromatic rings. The Bertz CT molecular complexity index is 1310. The van der Waals surface area contributed by atoms with Crippen LogP contribution in [0.2, 0.25) is 0 Å². The molecule has 0 bridgehead atoms. The number of amides is 1. The molecular weight excluding hydrogens is 470 g/mol. The van der Waals surface area contributed by atoms with Crippen molar-refractivity contribution in [1.82, 2.24) is 9.99 Å². The Morgan fingerprint density at radius 3 is 2.56 bits per heavy atom. The Kier molecular flexibility index (Phi) is 6.46. The molecule has 9 heteroatoms. The fraction of sp³-hybridized carbons (Fsp3) is 0.120. The number of pyridine rings is 1. The number of hydrazone groups is 1. The van der Waals surface area contributed by atoms with Crippen molar-refractivity contribution in [1.29, 1.82) is 0 Å². The van der Waals surface area contributed by atoms with E-state index in [9.17, 15) is 9.59 Å². The largest absolute Gasteiger partial charge is 0.452 e. The molecule has 34 heavy (non-hydrogen) atoms. The minimum Gasteiger partial charge on any atom is -0.452 e. The number of ether oxygens (including phenoxy) is 2. The molecule has 7 nitrogen and oxygen atoms in total. The molecule has 0 N–H and O–H groups in total. The van der Waals surface area contributed by atoms with Crippen LogP contribution in [0, 0.1) is 0 Å². The summed E-state index contributed by atoms with van der Waals surface area (Å²) < 4.78 is 11.1. The third-order valence-electron chi connectivity index (χ3n) is 5.12. The van der Waals surface area contributed by atoms with Gasteiger partial charge in [0.25, 0.3) is 5.91 Å². The Morgan fingerprint density at radius 1 is 0.971 bits per heavy atom. The van der Waals surface area contributed by atoms with E-state index in [1.54, 1.807) is 46.9 Å². The number of hydrogen-bond donors (Lipinski definition) is 0. The zero-order valence-corrected chi connectivity index (χ0v) is 19.5. The van der Waals surface area contributed by atoms with Gasteiger partial charge in [0.2, 0.25) is 5.88 Å². The number of hydrogen-bond acceptors (Lipinski definition) is 8. The summed E-state index contributed by atoms with van der Waals surface area (Å²) in [5.74, 6) is -0.436. The van der Waals surface area contributed by atoms with Crippen molar-refractivity contribution in [3.63, 3.8) is 0 Å². The number of esters is 1. The van der Waals surface area contributed by atoms with Crippen molar-refractivity contribution in [2.75, 3.05) is 6.61 Å². The highest BCUT2D eigenvalue weighted by Gasteiger charge is 2.34.